The first kappa shape index (κ1) is 18.8. The summed E-state index contributed by atoms with van der Waals surface area (Å²) in [4.78, 5) is 11.8. The number of benzene rings is 1. The Bertz CT molecular complexity index is 1090. The van der Waals surface area contributed by atoms with Crippen LogP contribution in [0.5, 0.6) is 0 Å². The van der Waals surface area contributed by atoms with Crippen molar-refractivity contribution in [2.45, 2.75) is 31.8 Å². The van der Waals surface area contributed by atoms with Gasteiger partial charge in [0.1, 0.15) is 0 Å². The van der Waals surface area contributed by atoms with Crippen molar-refractivity contribution in [1.29, 1.82) is 0 Å². The highest BCUT2D eigenvalue weighted by atomic mass is 15.3. The predicted octanol–water partition coefficient (Wildman–Crippen LogP) is 4.12. The van der Waals surface area contributed by atoms with Crippen LogP contribution in [0.1, 0.15) is 35.8 Å². The highest BCUT2D eigenvalue weighted by Gasteiger charge is 2.25. The van der Waals surface area contributed by atoms with Crippen molar-refractivity contribution in [3.63, 3.8) is 0 Å². The van der Waals surface area contributed by atoms with Crippen LogP contribution in [0.4, 0.5) is 5.69 Å². The van der Waals surface area contributed by atoms with E-state index < -0.39 is 0 Å². The summed E-state index contributed by atoms with van der Waals surface area (Å²) >= 11 is 0. The molecule has 3 aromatic heterocycles. The molecule has 1 atom stereocenters. The lowest BCUT2D eigenvalue weighted by Gasteiger charge is -2.31. The number of nitrogens with one attached hydrogen (secondary N) is 1. The van der Waals surface area contributed by atoms with E-state index in [1.54, 1.807) is 0 Å². The zero-order valence-electron chi connectivity index (χ0n) is 17.0. The summed E-state index contributed by atoms with van der Waals surface area (Å²) in [6.07, 6.45) is 6.19. The van der Waals surface area contributed by atoms with Crippen molar-refractivity contribution in [3.05, 3.63) is 90.1 Å². The quantitative estimate of drug-likeness (QED) is 0.530. The van der Waals surface area contributed by atoms with Crippen molar-refractivity contribution >= 4 is 11.3 Å². The Morgan fingerprint density at radius 2 is 1.90 bits per heavy atom. The van der Waals surface area contributed by atoms with Crippen LogP contribution in [0.15, 0.2) is 73.1 Å². The van der Waals surface area contributed by atoms with Crippen LogP contribution in [0.2, 0.25) is 0 Å². The maximum absolute atomic E-state index is 4.82. The molecule has 1 fully saturated rings. The van der Waals surface area contributed by atoms with Crippen LogP contribution in [0.25, 0.3) is 5.65 Å². The van der Waals surface area contributed by atoms with Gasteiger partial charge in [0.2, 0.25) is 0 Å². The Hall–Kier alpha value is -3.25. The zero-order chi connectivity index (χ0) is 20.2. The number of anilines is 1. The summed E-state index contributed by atoms with van der Waals surface area (Å²) in [5, 5.41) is 8.29. The fourth-order valence-corrected chi connectivity index (χ4v) is 4.11. The molecule has 6 nitrogen and oxygen atoms in total. The van der Waals surface area contributed by atoms with E-state index in [0.717, 1.165) is 61.9 Å². The molecule has 0 saturated carbocycles. The molecule has 152 valence electrons. The Morgan fingerprint density at radius 3 is 2.77 bits per heavy atom. The van der Waals surface area contributed by atoms with E-state index in [9.17, 15) is 0 Å². The SMILES string of the molecule is c1ccc(CNc2ccc3nc(C4CCCN(Cc5ccccn5)C4)nn3c2)cc1. The van der Waals surface area contributed by atoms with Crippen molar-refractivity contribution < 1.29 is 0 Å². The van der Waals surface area contributed by atoms with E-state index >= 15 is 0 Å². The highest BCUT2D eigenvalue weighted by molar-refractivity contribution is 5.49. The maximum atomic E-state index is 4.82. The van der Waals surface area contributed by atoms with Crippen molar-refractivity contribution in [3.8, 4) is 0 Å². The molecule has 1 aliphatic rings. The summed E-state index contributed by atoms with van der Waals surface area (Å²) < 4.78 is 1.90. The van der Waals surface area contributed by atoms with Gasteiger partial charge in [0.25, 0.3) is 0 Å². The zero-order valence-corrected chi connectivity index (χ0v) is 17.0. The molecule has 0 aliphatic carbocycles. The number of aromatic nitrogens is 4. The topological polar surface area (TPSA) is 58.4 Å². The number of hydrogen-bond donors (Lipinski definition) is 1. The molecule has 4 heterocycles. The third-order valence-corrected chi connectivity index (χ3v) is 5.67. The molecule has 1 unspecified atom stereocenters. The Morgan fingerprint density at radius 1 is 1.00 bits per heavy atom. The van der Waals surface area contributed by atoms with Crippen LogP contribution in [-0.4, -0.2) is 37.6 Å². The van der Waals surface area contributed by atoms with Gasteiger partial charge in [-0.3, -0.25) is 9.88 Å². The van der Waals surface area contributed by atoms with Crippen LogP contribution in [-0.2, 0) is 13.1 Å². The standard InChI is InChI=1S/C24H26N6/c1-2-7-19(8-3-1)15-26-22-11-12-23-27-24(28-30(23)18-22)20-9-6-14-29(16-20)17-21-10-4-5-13-25-21/h1-5,7-8,10-13,18,20,26H,6,9,14-17H2. The number of hydrogen-bond acceptors (Lipinski definition) is 5. The molecular formula is C24H26N6. The van der Waals surface area contributed by atoms with E-state index in [2.05, 4.69) is 57.7 Å². The number of nitrogens with zero attached hydrogens (tertiary/aromatic N) is 5. The smallest absolute Gasteiger partial charge is 0.156 e. The first-order valence-corrected chi connectivity index (χ1v) is 10.6. The van der Waals surface area contributed by atoms with Crippen LogP contribution >= 0.6 is 0 Å². The van der Waals surface area contributed by atoms with Gasteiger partial charge in [-0.15, -0.1) is 0 Å². The highest BCUT2D eigenvalue weighted by Crippen LogP contribution is 2.26. The monoisotopic (exact) mass is 398 g/mol. The van der Waals surface area contributed by atoms with E-state index in [1.165, 1.54) is 5.56 Å². The van der Waals surface area contributed by atoms with Gasteiger partial charge in [-0.2, -0.15) is 5.10 Å². The predicted molar refractivity (Wildman–Crippen MR) is 118 cm³/mol. The molecule has 5 rings (SSSR count). The van der Waals surface area contributed by atoms with Gasteiger partial charge >= 0.3 is 0 Å². The molecule has 6 heteroatoms. The Kier molecular flexibility index (Phi) is 5.40. The molecule has 1 N–H and O–H groups in total. The van der Waals surface area contributed by atoms with Crippen LogP contribution < -0.4 is 5.32 Å². The third kappa shape index (κ3) is 4.33. The molecule has 4 aromatic rings. The van der Waals surface area contributed by atoms with Gasteiger partial charge in [0, 0.05) is 31.7 Å². The average Bonchev–Trinajstić information content (AvgIpc) is 3.23. The van der Waals surface area contributed by atoms with Gasteiger partial charge in [0.05, 0.1) is 17.6 Å². The normalized spacial score (nSPS) is 17.3. The summed E-state index contributed by atoms with van der Waals surface area (Å²) in [5.41, 5.74) is 4.32. The van der Waals surface area contributed by atoms with E-state index in [-0.39, 0.29) is 0 Å². The molecule has 0 amide bonds. The maximum Gasteiger partial charge on any atom is 0.156 e. The van der Waals surface area contributed by atoms with E-state index in [1.807, 2.05) is 35.1 Å². The summed E-state index contributed by atoms with van der Waals surface area (Å²) in [7, 11) is 0. The molecule has 0 bridgehead atoms. The molecule has 1 aromatic carbocycles. The number of piperidine rings is 1. The van der Waals surface area contributed by atoms with Crippen molar-refractivity contribution in [1.82, 2.24) is 24.5 Å². The van der Waals surface area contributed by atoms with Crippen LogP contribution in [0.3, 0.4) is 0 Å². The van der Waals surface area contributed by atoms with Gasteiger partial charge in [-0.05, 0) is 49.2 Å². The number of fused-ring (bicyclic) bond motifs is 1. The first-order chi connectivity index (χ1) is 14.8. The summed E-state index contributed by atoms with van der Waals surface area (Å²) in [5.74, 6) is 1.31. The number of rotatable bonds is 6. The van der Waals surface area contributed by atoms with E-state index in [4.69, 9.17) is 10.1 Å². The second-order valence-corrected chi connectivity index (χ2v) is 7.93. The molecule has 1 aliphatic heterocycles. The second kappa shape index (κ2) is 8.63. The molecule has 0 radical (unpaired) electrons. The minimum Gasteiger partial charge on any atom is -0.380 e. The number of likely N-dealkylation sites (tertiary alicyclic amines) is 1. The van der Waals surface area contributed by atoms with Crippen molar-refractivity contribution in [2.75, 3.05) is 18.4 Å². The minimum absolute atomic E-state index is 0.364. The largest absolute Gasteiger partial charge is 0.380 e. The Balaban J connectivity index is 1.27. The van der Waals surface area contributed by atoms with Gasteiger partial charge in [-0.1, -0.05) is 36.4 Å². The van der Waals surface area contributed by atoms with E-state index in [0.29, 0.717) is 5.92 Å². The minimum atomic E-state index is 0.364. The van der Waals surface area contributed by atoms with Crippen LogP contribution in [0, 0.1) is 0 Å². The average molecular weight is 399 g/mol. The molecular weight excluding hydrogens is 372 g/mol. The summed E-state index contributed by atoms with van der Waals surface area (Å²) in [6.45, 7) is 3.76. The lowest BCUT2D eigenvalue weighted by molar-refractivity contribution is 0.194. The Labute approximate surface area is 176 Å². The van der Waals surface area contributed by atoms with Gasteiger partial charge in [-0.25, -0.2) is 9.50 Å². The lowest BCUT2D eigenvalue weighted by Crippen LogP contribution is -2.34. The molecule has 0 spiro atoms. The third-order valence-electron chi connectivity index (χ3n) is 5.67. The molecule has 1 saturated heterocycles. The van der Waals surface area contributed by atoms with Crippen molar-refractivity contribution in [2.24, 2.45) is 0 Å². The number of pyridine rings is 2. The van der Waals surface area contributed by atoms with Gasteiger partial charge < -0.3 is 5.32 Å². The van der Waals surface area contributed by atoms with Gasteiger partial charge in [0.15, 0.2) is 11.5 Å². The second-order valence-electron chi connectivity index (χ2n) is 7.93. The fourth-order valence-electron chi connectivity index (χ4n) is 4.11. The summed E-state index contributed by atoms with van der Waals surface area (Å²) in [6, 6.07) is 20.6. The molecule has 30 heavy (non-hydrogen) atoms. The lowest BCUT2D eigenvalue weighted by atomic mass is 9.97. The first-order valence-electron chi connectivity index (χ1n) is 10.6. The fraction of sp³-hybridized carbons (Fsp3) is 0.292.